The molecule has 5 heteroatoms. The van der Waals surface area contributed by atoms with E-state index in [0.29, 0.717) is 0 Å². The van der Waals surface area contributed by atoms with Crippen molar-refractivity contribution >= 4 is 17.3 Å². The normalized spacial score (nSPS) is 18.3. The van der Waals surface area contributed by atoms with Gasteiger partial charge in [-0.1, -0.05) is 24.3 Å². The lowest BCUT2D eigenvalue weighted by atomic mass is 10.1. The van der Waals surface area contributed by atoms with Gasteiger partial charge in [0.25, 0.3) is 5.91 Å². The molecule has 27 heavy (non-hydrogen) atoms. The summed E-state index contributed by atoms with van der Waals surface area (Å²) in [6, 6.07) is 16.5. The molecule has 0 aliphatic carbocycles. The zero-order valence-corrected chi connectivity index (χ0v) is 16.1. The van der Waals surface area contributed by atoms with Crippen LogP contribution in [0.5, 0.6) is 5.75 Å². The van der Waals surface area contributed by atoms with Crippen molar-refractivity contribution in [1.29, 1.82) is 0 Å². The first-order valence-electron chi connectivity index (χ1n) is 9.80. The summed E-state index contributed by atoms with van der Waals surface area (Å²) >= 11 is 0. The molecule has 2 aliphatic heterocycles. The lowest BCUT2D eigenvalue weighted by molar-refractivity contribution is -0.914. The standard InChI is InChI=1S/C22H27N3O2/c1-17(22(26)25-11-10-18-6-3-4-9-21(18)25)23-12-14-24(15-13-23)19-7-5-8-20(16-19)27-2/h3-9,16-17H,10-15H2,1-2H3/p+1/t17-/m1/s1. The molecule has 0 saturated carbocycles. The fourth-order valence-electron chi connectivity index (χ4n) is 4.27. The van der Waals surface area contributed by atoms with Crippen LogP contribution in [0.15, 0.2) is 48.5 Å². The number of nitrogens with zero attached hydrogens (tertiary/aromatic N) is 2. The minimum absolute atomic E-state index is 0.0105. The molecule has 142 valence electrons. The van der Waals surface area contributed by atoms with Gasteiger partial charge < -0.3 is 19.4 Å². The van der Waals surface area contributed by atoms with Crippen LogP contribution in [-0.2, 0) is 11.2 Å². The van der Waals surface area contributed by atoms with Crippen LogP contribution in [-0.4, -0.2) is 51.8 Å². The second-order valence-electron chi connectivity index (χ2n) is 7.44. The monoisotopic (exact) mass is 366 g/mol. The number of methoxy groups -OCH3 is 1. The summed E-state index contributed by atoms with van der Waals surface area (Å²) in [7, 11) is 1.70. The number of anilines is 2. The number of nitrogens with one attached hydrogen (secondary N) is 1. The van der Waals surface area contributed by atoms with Gasteiger partial charge in [0.05, 0.1) is 33.3 Å². The van der Waals surface area contributed by atoms with E-state index in [1.807, 2.05) is 23.1 Å². The molecule has 2 aromatic rings. The molecule has 2 aliphatic rings. The molecule has 4 rings (SSSR count). The van der Waals surface area contributed by atoms with Crippen molar-refractivity contribution in [3.8, 4) is 5.75 Å². The smallest absolute Gasteiger partial charge is 0.284 e. The third kappa shape index (κ3) is 3.52. The van der Waals surface area contributed by atoms with Crippen LogP contribution in [0.4, 0.5) is 11.4 Å². The zero-order valence-electron chi connectivity index (χ0n) is 16.1. The number of hydrogen-bond donors (Lipinski definition) is 1. The Balaban J connectivity index is 1.39. The highest BCUT2D eigenvalue weighted by atomic mass is 16.5. The third-order valence-electron chi connectivity index (χ3n) is 5.96. The van der Waals surface area contributed by atoms with E-state index in [2.05, 4.69) is 42.2 Å². The lowest BCUT2D eigenvalue weighted by Gasteiger charge is -2.37. The fourth-order valence-corrected chi connectivity index (χ4v) is 4.27. The van der Waals surface area contributed by atoms with Crippen molar-refractivity contribution in [2.75, 3.05) is 49.6 Å². The minimum atomic E-state index is -0.0105. The molecule has 5 nitrogen and oxygen atoms in total. The Bertz CT molecular complexity index is 815. The molecule has 1 fully saturated rings. The number of rotatable bonds is 4. The van der Waals surface area contributed by atoms with Gasteiger partial charge in [-0.15, -0.1) is 0 Å². The Labute approximate surface area is 161 Å². The van der Waals surface area contributed by atoms with Crippen LogP contribution in [0, 0.1) is 0 Å². The van der Waals surface area contributed by atoms with Gasteiger partial charge in [-0.2, -0.15) is 0 Å². The van der Waals surface area contributed by atoms with Gasteiger partial charge in [0, 0.05) is 24.0 Å². The number of ether oxygens (including phenoxy) is 1. The van der Waals surface area contributed by atoms with E-state index in [9.17, 15) is 4.79 Å². The van der Waals surface area contributed by atoms with Gasteiger partial charge in [0.2, 0.25) is 0 Å². The molecule has 2 heterocycles. The molecular weight excluding hydrogens is 338 g/mol. The van der Waals surface area contributed by atoms with Crippen molar-refractivity contribution < 1.29 is 14.4 Å². The first kappa shape index (κ1) is 17.9. The van der Waals surface area contributed by atoms with E-state index in [0.717, 1.165) is 50.6 Å². The summed E-state index contributed by atoms with van der Waals surface area (Å²) in [6.45, 7) is 6.75. The molecule has 0 aromatic heterocycles. The molecule has 1 amide bonds. The van der Waals surface area contributed by atoms with Gasteiger partial charge in [-0.05, 0) is 37.1 Å². The molecule has 1 atom stereocenters. The summed E-state index contributed by atoms with van der Waals surface area (Å²) in [5.74, 6) is 1.14. The number of piperazine rings is 1. The van der Waals surface area contributed by atoms with Gasteiger partial charge in [0.15, 0.2) is 6.04 Å². The van der Waals surface area contributed by atoms with Crippen LogP contribution in [0.25, 0.3) is 0 Å². The Kier molecular flexibility index (Phi) is 5.03. The number of benzene rings is 2. The van der Waals surface area contributed by atoms with Crippen molar-refractivity contribution in [3.63, 3.8) is 0 Å². The summed E-state index contributed by atoms with van der Waals surface area (Å²) < 4.78 is 5.34. The predicted octanol–water partition coefficient (Wildman–Crippen LogP) is 1.38. The highest BCUT2D eigenvalue weighted by molar-refractivity contribution is 5.97. The van der Waals surface area contributed by atoms with E-state index in [4.69, 9.17) is 4.74 Å². The largest absolute Gasteiger partial charge is 0.497 e. The van der Waals surface area contributed by atoms with Crippen molar-refractivity contribution in [1.82, 2.24) is 0 Å². The summed E-state index contributed by atoms with van der Waals surface area (Å²) in [5.41, 5.74) is 3.58. The van der Waals surface area contributed by atoms with E-state index in [-0.39, 0.29) is 11.9 Å². The number of hydrogen-bond acceptors (Lipinski definition) is 3. The van der Waals surface area contributed by atoms with Gasteiger partial charge >= 0.3 is 0 Å². The molecule has 0 spiro atoms. The molecular formula is C22H28N3O2+. The maximum atomic E-state index is 13.1. The second-order valence-corrected chi connectivity index (χ2v) is 7.44. The molecule has 0 radical (unpaired) electrons. The van der Waals surface area contributed by atoms with Gasteiger partial charge in [-0.3, -0.25) is 4.79 Å². The Hall–Kier alpha value is -2.53. The van der Waals surface area contributed by atoms with Crippen molar-refractivity contribution in [3.05, 3.63) is 54.1 Å². The number of quaternary nitrogens is 1. The number of carbonyl (C=O) groups is 1. The van der Waals surface area contributed by atoms with Gasteiger partial charge in [-0.25, -0.2) is 0 Å². The topological polar surface area (TPSA) is 37.2 Å². The van der Waals surface area contributed by atoms with E-state index >= 15 is 0 Å². The molecule has 2 aromatic carbocycles. The first-order chi connectivity index (χ1) is 13.2. The summed E-state index contributed by atoms with van der Waals surface area (Å²) in [4.78, 5) is 18.9. The molecule has 1 N–H and O–H groups in total. The number of para-hydroxylation sites is 1. The first-order valence-corrected chi connectivity index (χ1v) is 9.80. The Morgan fingerprint density at radius 1 is 1.07 bits per heavy atom. The summed E-state index contributed by atoms with van der Waals surface area (Å²) in [6.07, 6.45) is 0.966. The van der Waals surface area contributed by atoms with E-state index < -0.39 is 0 Å². The fraction of sp³-hybridized carbons (Fsp3) is 0.409. The maximum absolute atomic E-state index is 13.1. The highest BCUT2D eigenvalue weighted by Crippen LogP contribution is 2.27. The second kappa shape index (κ2) is 7.61. The van der Waals surface area contributed by atoms with E-state index in [1.54, 1.807) is 7.11 Å². The predicted molar refractivity (Wildman–Crippen MR) is 108 cm³/mol. The lowest BCUT2D eigenvalue weighted by Crippen LogP contribution is -3.19. The average Bonchev–Trinajstić information content (AvgIpc) is 3.17. The summed E-state index contributed by atoms with van der Waals surface area (Å²) in [5, 5.41) is 0. The third-order valence-corrected chi connectivity index (χ3v) is 5.96. The number of carbonyl (C=O) groups excluding carboxylic acids is 1. The number of fused-ring (bicyclic) bond motifs is 1. The van der Waals surface area contributed by atoms with Crippen molar-refractivity contribution in [2.24, 2.45) is 0 Å². The zero-order chi connectivity index (χ0) is 18.8. The maximum Gasteiger partial charge on any atom is 0.284 e. The van der Waals surface area contributed by atoms with Crippen LogP contribution in [0.2, 0.25) is 0 Å². The Morgan fingerprint density at radius 2 is 1.85 bits per heavy atom. The SMILES string of the molecule is COc1cccc(N2CC[NH+]([C@H](C)C(=O)N3CCc4ccccc43)CC2)c1. The molecule has 1 saturated heterocycles. The van der Waals surface area contributed by atoms with Crippen LogP contribution < -0.4 is 19.4 Å². The van der Waals surface area contributed by atoms with Crippen LogP contribution in [0.3, 0.4) is 0 Å². The molecule has 0 unspecified atom stereocenters. The van der Waals surface area contributed by atoms with Crippen LogP contribution >= 0.6 is 0 Å². The van der Waals surface area contributed by atoms with Crippen LogP contribution in [0.1, 0.15) is 12.5 Å². The quantitative estimate of drug-likeness (QED) is 0.888. The van der Waals surface area contributed by atoms with Gasteiger partial charge in [0.1, 0.15) is 5.75 Å². The number of amides is 1. The Morgan fingerprint density at radius 3 is 2.63 bits per heavy atom. The van der Waals surface area contributed by atoms with E-state index in [1.165, 1.54) is 16.2 Å². The van der Waals surface area contributed by atoms with Crippen molar-refractivity contribution in [2.45, 2.75) is 19.4 Å². The highest BCUT2D eigenvalue weighted by Gasteiger charge is 2.35. The average molecular weight is 366 g/mol. The molecule has 0 bridgehead atoms. The minimum Gasteiger partial charge on any atom is -0.497 e.